The van der Waals surface area contributed by atoms with Gasteiger partial charge in [-0.2, -0.15) is 0 Å². The van der Waals surface area contributed by atoms with Crippen molar-refractivity contribution in [2.45, 2.75) is 27.7 Å². The van der Waals surface area contributed by atoms with Crippen molar-refractivity contribution in [3.63, 3.8) is 0 Å². The first-order chi connectivity index (χ1) is 8.99. The summed E-state index contributed by atoms with van der Waals surface area (Å²) in [4.78, 5) is 2.55. The summed E-state index contributed by atoms with van der Waals surface area (Å²) in [5.74, 6) is 1.45. The number of benzene rings is 1. The minimum absolute atomic E-state index is 0.724. The van der Waals surface area contributed by atoms with Crippen LogP contribution in [0.3, 0.4) is 0 Å². The Kier molecular flexibility index (Phi) is 7.47. The molecule has 0 atom stereocenters. The van der Waals surface area contributed by atoms with E-state index >= 15 is 0 Å². The SMILES string of the molecule is CC(C)CN(CCNc1ccccc1Br)CC(C)C. The quantitative estimate of drug-likeness (QED) is 0.757. The minimum atomic E-state index is 0.724. The molecule has 0 aromatic heterocycles. The van der Waals surface area contributed by atoms with Gasteiger partial charge in [-0.25, -0.2) is 0 Å². The molecule has 0 saturated heterocycles. The second-order valence-electron chi connectivity index (χ2n) is 5.95. The maximum absolute atomic E-state index is 3.57. The molecule has 0 aliphatic carbocycles. The molecule has 1 aromatic carbocycles. The van der Waals surface area contributed by atoms with Crippen LogP contribution in [0.2, 0.25) is 0 Å². The molecule has 0 bridgehead atoms. The fourth-order valence-corrected chi connectivity index (χ4v) is 2.67. The van der Waals surface area contributed by atoms with E-state index in [0.29, 0.717) is 0 Å². The van der Waals surface area contributed by atoms with Crippen molar-refractivity contribution in [1.29, 1.82) is 0 Å². The number of hydrogen-bond donors (Lipinski definition) is 1. The molecule has 0 amide bonds. The highest BCUT2D eigenvalue weighted by Gasteiger charge is 2.09. The van der Waals surface area contributed by atoms with E-state index in [0.717, 1.165) is 29.4 Å². The van der Waals surface area contributed by atoms with Crippen LogP contribution in [-0.2, 0) is 0 Å². The molecule has 2 nitrogen and oxygen atoms in total. The Balaban J connectivity index is 2.41. The van der Waals surface area contributed by atoms with Crippen molar-refractivity contribution in [1.82, 2.24) is 4.90 Å². The number of nitrogens with one attached hydrogen (secondary N) is 1. The number of para-hydroxylation sites is 1. The average molecular weight is 327 g/mol. The third-order valence-corrected chi connectivity index (χ3v) is 3.56. The Morgan fingerprint density at radius 3 is 2.16 bits per heavy atom. The number of rotatable bonds is 8. The molecule has 0 unspecified atom stereocenters. The maximum atomic E-state index is 3.57. The minimum Gasteiger partial charge on any atom is -0.383 e. The van der Waals surface area contributed by atoms with E-state index < -0.39 is 0 Å². The lowest BCUT2D eigenvalue weighted by molar-refractivity contribution is 0.227. The molecular formula is C16H27BrN2. The van der Waals surface area contributed by atoms with Gasteiger partial charge in [0, 0.05) is 36.3 Å². The fraction of sp³-hybridized carbons (Fsp3) is 0.625. The van der Waals surface area contributed by atoms with Crippen molar-refractivity contribution >= 4 is 21.6 Å². The van der Waals surface area contributed by atoms with Gasteiger partial charge in [-0.3, -0.25) is 0 Å². The van der Waals surface area contributed by atoms with Crippen LogP contribution in [-0.4, -0.2) is 31.1 Å². The lowest BCUT2D eigenvalue weighted by atomic mass is 10.1. The second-order valence-corrected chi connectivity index (χ2v) is 6.81. The summed E-state index contributed by atoms with van der Waals surface area (Å²) in [6, 6.07) is 8.29. The number of anilines is 1. The summed E-state index contributed by atoms with van der Waals surface area (Å²) in [7, 11) is 0. The highest BCUT2D eigenvalue weighted by molar-refractivity contribution is 9.10. The molecule has 0 saturated carbocycles. The summed E-state index contributed by atoms with van der Waals surface area (Å²) < 4.78 is 1.13. The van der Waals surface area contributed by atoms with Crippen molar-refractivity contribution in [2.24, 2.45) is 11.8 Å². The Morgan fingerprint density at radius 2 is 1.63 bits per heavy atom. The molecule has 1 aromatic rings. The Morgan fingerprint density at radius 1 is 1.05 bits per heavy atom. The van der Waals surface area contributed by atoms with E-state index in [1.54, 1.807) is 0 Å². The predicted octanol–water partition coefficient (Wildman–Crippen LogP) is 4.48. The highest BCUT2D eigenvalue weighted by atomic mass is 79.9. The van der Waals surface area contributed by atoms with Gasteiger partial charge >= 0.3 is 0 Å². The van der Waals surface area contributed by atoms with Crippen LogP contribution < -0.4 is 5.32 Å². The standard InChI is InChI=1S/C16H27BrN2/c1-13(2)11-19(12-14(3)4)10-9-18-16-8-6-5-7-15(16)17/h5-8,13-14,18H,9-12H2,1-4H3. The normalized spacial score (nSPS) is 11.6. The zero-order chi connectivity index (χ0) is 14.3. The van der Waals surface area contributed by atoms with Crippen LogP contribution in [0, 0.1) is 11.8 Å². The number of halogens is 1. The number of hydrogen-bond acceptors (Lipinski definition) is 2. The second kappa shape index (κ2) is 8.60. The van der Waals surface area contributed by atoms with Crippen molar-refractivity contribution < 1.29 is 0 Å². The van der Waals surface area contributed by atoms with Gasteiger partial charge in [0.15, 0.2) is 0 Å². The zero-order valence-electron chi connectivity index (χ0n) is 12.6. The summed E-state index contributed by atoms with van der Waals surface area (Å²) in [5, 5.41) is 3.50. The molecule has 0 heterocycles. The van der Waals surface area contributed by atoms with Crippen LogP contribution in [0.5, 0.6) is 0 Å². The Bertz CT molecular complexity index is 354. The van der Waals surface area contributed by atoms with Gasteiger partial charge in [0.1, 0.15) is 0 Å². The summed E-state index contributed by atoms with van der Waals surface area (Å²) in [6.07, 6.45) is 0. The molecule has 0 aliphatic heterocycles. The lowest BCUT2D eigenvalue weighted by Crippen LogP contribution is -2.35. The Labute approximate surface area is 126 Å². The van der Waals surface area contributed by atoms with Gasteiger partial charge in [-0.15, -0.1) is 0 Å². The van der Waals surface area contributed by atoms with E-state index in [2.05, 4.69) is 72.0 Å². The van der Waals surface area contributed by atoms with Crippen LogP contribution in [0.1, 0.15) is 27.7 Å². The van der Waals surface area contributed by atoms with Gasteiger partial charge in [-0.05, 0) is 39.9 Å². The highest BCUT2D eigenvalue weighted by Crippen LogP contribution is 2.20. The fourth-order valence-electron chi connectivity index (χ4n) is 2.24. The first kappa shape index (κ1) is 16.5. The molecule has 1 N–H and O–H groups in total. The summed E-state index contributed by atoms with van der Waals surface area (Å²) in [6.45, 7) is 13.6. The molecule has 0 spiro atoms. The van der Waals surface area contributed by atoms with E-state index in [-0.39, 0.29) is 0 Å². The van der Waals surface area contributed by atoms with Gasteiger partial charge in [0.25, 0.3) is 0 Å². The first-order valence-electron chi connectivity index (χ1n) is 7.19. The number of nitrogens with zero attached hydrogens (tertiary/aromatic N) is 1. The smallest absolute Gasteiger partial charge is 0.0485 e. The summed E-state index contributed by atoms with van der Waals surface area (Å²) >= 11 is 3.57. The molecule has 0 aliphatic rings. The third-order valence-electron chi connectivity index (χ3n) is 2.86. The van der Waals surface area contributed by atoms with E-state index in [1.165, 1.54) is 18.8 Å². The molecule has 0 fully saturated rings. The van der Waals surface area contributed by atoms with E-state index in [4.69, 9.17) is 0 Å². The van der Waals surface area contributed by atoms with Crippen molar-refractivity contribution in [3.8, 4) is 0 Å². The van der Waals surface area contributed by atoms with E-state index in [1.807, 2.05) is 6.07 Å². The largest absolute Gasteiger partial charge is 0.383 e. The molecule has 3 heteroatoms. The van der Waals surface area contributed by atoms with Gasteiger partial charge in [0.05, 0.1) is 0 Å². The molecular weight excluding hydrogens is 300 g/mol. The van der Waals surface area contributed by atoms with E-state index in [9.17, 15) is 0 Å². The van der Waals surface area contributed by atoms with Crippen molar-refractivity contribution in [3.05, 3.63) is 28.7 Å². The topological polar surface area (TPSA) is 15.3 Å². The predicted molar refractivity (Wildman–Crippen MR) is 88.7 cm³/mol. The lowest BCUT2D eigenvalue weighted by Gasteiger charge is -2.26. The summed E-state index contributed by atoms with van der Waals surface area (Å²) in [5.41, 5.74) is 1.18. The monoisotopic (exact) mass is 326 g/mol. The van der Waals surface area contributed by atoms with Crippen LogP contribution in [0.4, 0.5) is 5.69 Å². The maximum Gasteiger partial charge on any atom is 0.0485 e. The van der Waals surface area contributed by atoms with Crippen LogP contribution >= 0.6 is 15.9 Å². The zero-order valence-corrected chi connectivity index (χ0v) is 14.2. The van der Waals surface area contributed by atoms with Crippen LogP contribution in [0.15, 0.2) is 28.7 Å². The molecule has 19 heavy (non-hydrogen) atoms. The Hall–Kier alpha value is -0.540. The van der Waals surface area contributed by atoms with Gasteiger partial charge in [0.2, 0.25) is 0 Å². The van der Waals surface area contributed by atoms with Gasteiger partial charge < -0.3 is 10.2 Å². The van der Waals surface area contributed by atoms with Gasteiger partial charge in [-0.1, -0.05) is 39.8 Å². The first-order valence-corrected chi connectivity index (χ1v) is 7.99. The van der Waals surface area contributed by atoms with Crippen LogP contribution in [0.25, 0.3) is 0 Å². The molecule has 1 rings (SSSR count). The average Bonchev–Trinajstić information content (AvgIpc) is 2.30. The third kappa shape index (κ3) is 6.98. The molecule has 108 valence electrons. The van der Waals surface area contributed by atoms with Crippen molar-refractivity contribution in [2.75, 3.05) is 31.5 Å². The molecule has 0 radical (unpaired) electrons.